The zero-order valence-electron chi connectivity index (χ0n) is 23.2. The number of hydrogen-bond donors (Lipinski definition) is 0. The molecule has 0 saturated carbocycles. The second kappa shape index (κ2) is 10.2. The molecule has 0 saturated heterocycles. The molecule has 8 nitrogen and oxygen atoms in total. The van der Waals surface area contributed by atoms with E-state index >= 15 is 0 Å². The van der Waals surface area contributed by atoms with E-state index in [1.165, 1.54) is 0 Å². The zero-order valence-corrected chi connectivity index (χ0v) is 23.2. The first-order valence-electron chi connectivity index (χ1n) is 12.4. The summed E-state index contributed by atoms with van der Waals surface area (Å²) in [4.78, 5) is 16.0. The van der Waals surface area contributed by atoms with Gasteiger partial charge in [0.1, 0.15) is 17.8 Å². The molecule has 2 atom stereocenters. The third-order valence-corrected chi connectivity index (χ3v) is 7.29. The molecule has 0 amide bonds. The number of methoxy groups -OCH3 is 5. The largest absolute Gasteiger partial charge is 0.498 e. The van der Waals surface area contributed by atoms with E-state index in [-0.39, 0.29) is 24.2 Å². The fraction of sp³-hybridized carbons (Fsp3) is 0.483. The van der Waals surface area contributed by atoms with Crippen molar-refractivity contribution in [2.24, 2.45) is 5.92 Å². The third-order valence-electron chi connectivity index (χ3n) is 7.29. The van der Waals surface area contributed by atoms with Crippen LogP contribution in [0, 0.1) is 5.92 Å². The first-order chi connectivity index (χ1) is 17.7. The molecule has 2 heterocycles. The summed E-state index contributed by atoms with van der Waals surface area (Å²) in [7, 11) is 8.03. The third kappa shape index (κ3) is 4.27. The summed E-state index contributed by atoms with van der Waals surface area (Å²) < 4.78 is 33.8. The fourth-order valence-electron chi connectivity index (χ4n) is 5.87. The van der Waals surface area contributed by atoms with Crippen LogP contribution in [-0.4, -0.2) is 64.7 Å². The van der Waals surface area contributed by atoms with Crippen molar-refractivity contribution >= 4 is 11.5 Å². The minimum absolute atomic E-state index is 0.274. The molecule has 200 valence electrons. The van der Waals surface area contributed by atoms with Crippen LogP contribution in [0.2, 0.25) is 0 Å². The van der Waals surface area contributed by atoms with Gasteiger partial charge in [-0.05, 0) is 75.1 Å². The SMILES string of the molecule is CCOC(=O)C1C(c2cc(OC)c(OC)c(OC)c2)=C(C)N2C1=C1C=C(OC)C(OC)C=C1CC2(C)C. The number of nitrogens with zero attached hydrogens (tertiary/aromatic N) is 1. The average Bonchev–Trinajstić information content (AvgIpc) is 3.21. The molecule has 1 aromatic rings. The van der Waals surface area contributed by atoms with Gasteiger partial charge in [0.25, 0.3) is 0 Å². The van der Waals surface area contributed by atoms with Crippen molar-refractivity contribution in [1.29, 1.82) is 0 Å². The van der Waals surface area contributed by atoms with E-state index in [0.717, 1.165) is 40.1 Å². The van der Waals surface area contributed by atoms with Crippen molar-refractivity contribution in [1.82, 2.24) is 4.90 Å². The Morgan fingerprint density at radius 3 is 2.19 bits per heavy atom. The number of allylic oxidation sites excluding steroid dienone is 3. The first-order valence-corrected chi connectivity index (χ1v) is 12.4. The van der Waals surface area contributed by atoms with Crippen LogP contribution in [0.25, 0.3) is 5.57 Å². The molecule has 1 aromatic carbocycles. The standard InChI is InChI=1S/C29H37NO7/c1-10-37-28(31)25-24(17-11-22(34-7)27(36-9)23(12-17)35-8)16(2)30-26(25)19-14-21(33-6)20(32-5)13-18(19)15-29(30,3)4/h11-14,20,25H,10,15H2,1-9H3. The number of fused-ring (bicyclic) bond motifs is 2. The summed E-state index contributed by atoms with van der Waals surface area (Å²) in [5, 5.41) is 0. The summed E-state index contributed by atoms with van der Waals surface area (Å²) in [5.41, 5.74) is 5.28. The van der Waals surface area contributed by atoms with Gasteiger partial charge in [0.15, 0.2) is 11.5 Å². The van der Waals surface area contributed by atoms with E-state index in [4.69, 9.17) is 28.4 Å². The second-order valence-electron chi connectivity index (χ2n) is 9.82. The van der Waals surface area contributed by atoms with Gasteiger partial charge >= 0.3 is 5.97 Å². The highest BCUT2D eigenvalue weighted by molar-refractivity contribution is 5.96. The van der Waals surface area contributed by atoms with E-state index in [9.17, 15) is 4.79 Å². The van der Waals surface area contributed by atoms with Gasteiger partial charge in [-0.15, -0.1) is 0 Å². The number of benzene rings is 1. The summed E-state index contributed by atoms with van der Waals surface area (Å²) in [6, 6.07) is 3.77. The maximum absolute atomic E-state index is 13.7. The Labute approximate surface area is 219 Å². The van der Waals surface area contributed by atoms with Crippen molar-refractivity contribution in [2.45, 2.75) is 45.8 Å². The van der Waals surface area contributed by atoms with Crippen molar-refractivity contribution < 1.29 is 33.2 Å². The Morgan fingerprint density at radius 1 is 1.03 bits per heavy atom. The second-order valence-corrected chi connectivity index (χ2v) is 9.82. The molecule has 2 aliphatic heterocycles. The molecule has 2 unspecified atom stereocenters. The lowest BCUT2D eigenvalue weighted by Gasteiger charge is -2.46. The topological polar surface area (TPSA) is 75.7 Å². The predicted molar refractivity (Wildman–Crippen MR) is 140 cm³/mol. The zero-order chi connectivity index (χ0) is 27.1. The van der Waals surface area contributed by atoms with Gasteiger partial charge in [-0.25, -0.2) is 0 Å². The average molecular weight is 512 g/mol. The van der Waals surface area contributed by atoms with Crippen molar-refractivity contribution in [3.63, 3.8) is 0 Å². The van der Waals surface area contributed by atoms with Gasteiger partial charge in [-0.1, -0.05) is 0 Å². The van der Waals surface area contributed by atoms with Crippen LogP contribution in [0.1, 0.15) is 39.7 Å². The predicted octanol–water partition coefficient (Wildman–Crippen LogP) is 4.86. The van der Waals surface area contributed by atoms with Gasteiger partial charge in [0, 0.05) is 29.6 Å². The van der Waals surface area contributed by atoms with Crippen LogP contribution in [-0.2, 0) is 19.0 Å². The molecule has 1 aliphatic carbocycles. The van der Waals surface area contributed by atoms with E-state index in [1.54, 1.807) is 35.5 Å². The number of hydrogen-bond acceptors (Lipinski definition) is 8. The summed E-state index contributed by atoms with van der Waals surface area (Å²) in [5.74, 6) is 1.25. The van der Waals surface area contributed by atoms with Crippen LogP contribution in [0.3, 0.4) is 0 Å². The molecule has 3 aliphatic rings. The molecular weight excluding hydrogens is 474 g/mol. The summed E-state index contributed by atoms with van der Waals surface area (Å²) in [6.45, 7) is 8.52. The lowest BCUT2D eigenvalue weighted by atomic mass is 9.78. The van der Waals surface area contributed by atoms with Crippen LogP contribution >= 0.6 is 0 Å². The van der Waals surface area contributed by atoms with Crippen LogP contribution < -0.4 is 14.2 Å². The molecule has 4 rings (SSSR count). The molecular formula is C29H37NO7. The molecule has 37 heavy (non-hydrogen) atoms. The highest BCUT2D eigenvalue weighted by atomic mass is 16.5. The minimum atomic E-state index is -0.658. The van der Waals surface area contributed by atoms with Crippen molar-refractivity contribution in [2.75, 3.05) is 42.2 Å². The number of carbonyl (C=O) groups is 1. The molecule has 0 spiro atoms. The van der Waals surface area contributed by atoms with E-state index in [0.29, 0.717) is 23.0 Å². The van der Waals surface area contributed by atoms with Crippen LogP contribution in [0.5, 0.6) is 17.2 Å². The van der Waals surface area contributed by atoms with E-state index < -0.39 is 5.92 Å². The Morgan fingerprint density at radius 2 is 1.68 bits per heavy atom. The van der Waals surface area contributed by atoms with Gasteiger partial charge in [-0.3, -0.25) is 4.79 Å². The van der Waals surface area contributed by atoms with Crippen molar-refractivity contribution in [3.8, 4) is 17.2 Å². The molecule has 8 heteroatoms. The lowest BCUT2D eigenvalue weighted by Crippen LogP contribution is -2.46. The van der Waals surface area contributed by atoms with Crippen LogP contribution in [0.15, 0.2) is 52.6 Å². The Kier molecular flexibility index (Phi) is 7.33. The van der Waals surface area contributed by atoms with Gasteiger partial charge in [0.2, 0.25) is 5.75 Å². The van der Waals surface area contributed by atoms with E-state index in [2.05, 4.69) is 31.7 Å². The molecule has 0 aromatic heterocycles. The van der Waals surface area contributed by atoms with Crippen molar-refractivity contribution in [3.05, 3.63) is 58.1 Å². The highest BCUT2D eigenvalue weighted by Gasteiger charge is 2.50. The highest BCUT2D eigenvalue weighted by Crippen LogP contribution is 2.55. The Balaban J connectivity index is 2.03. The lowest BCUT2D eigenvalue weighted by molar-refractivity contribution is -0.145. The van der Waals surface area contributed by atoms with Gasteiger partial charge in [-0.2, -0.15) is 0 Å². The maximum Gasteiger partial charge on any atom is 0.319 e. The molecule has 0 fully saturated rings. The Hall–Kier alpha value is -3.39. The number of esters is 1. The maximum atomic E-state index is 13.7. The molecule has 0 N–H and O–H groups in total. The van der Waals surface area contributed by atoms with E-state index in [1.807, 2.05) is 25.1 Å². The number of carbonyl (C=O) groups excluding carboxylic acids is 1. The first kappa shape index (κ1) is 26.7. The minimum Gasteiger partial charge on any atom is -0.498 e. The quantitative estimate of drug-likeness (QED) is 0.458. The normalized spacial score (nSPS) is 22.1. The summed E-state index contributed by atoms with van der Waals surface area (Å²) in [6.07, 6.45) is 4.58. The number of rotatable bonds is 8. The van der Waals surface area contributed by atoms with Gasteiger partial charge in [0.05, 0.1) is 35.0 Å². The number of ether oxygens (including phenoxy) is 6. The monoisotopic (exact) mass is 511 g/mol. The van der Waals surface area contributed by atoms with Crippen LogP contribution in [0.4, 0.5) is 0 Å². The Bertz CT molecular complexity index is 1200. The fourth-order valence-corrected chi connectivity index (χ4v) is 5.87. The summed E-state index contributed by atoms with van der Waals surface area (Å²) >= 11 is 0. The van der Waals surface area contributed by atoms with Gasteiger partial charge < -0.3 is 33.3 Å². The molecule has 0 radical (unpaired) electrons. The molecule has 0 bridgehead atoms. The smallest absolute Gasteiger partial charge is 0.319 e.